The Morgan fingerprint density at radius 2 is 1.81 bits per heavy atom. The zero-order chi connectivity index (χ0) is 21.8. The van der Waals surface area contributed by atoms with Crippen molar-refractivity contribution in [3.05, 3.63) is 64.4 Å². The second-order valence-electron chi connectivity index (χ2n) is 8.49. The van der Waals surface area contributed by atoms with Gasteiger partial charge < -0.3 is 5.32 Å². The summed E-state index contributed by atoms with van der Waals surface area (Å²) in [6, 6.07) is 15.7. The number of carbonyl (C=O) groups excluding carboxylic acids is 1. The van der Waals surface area contributed by atoms with Gasteiger partial charge in [0.1, 0.15) is 0 Å². The van der Waals surface area contributed by atoms with Gasteiger partial charge in [-0.2, -0.15) is 0 Å². The third-order valence-corrected chi connectivity index (χ3v) is 6.80. The molecule has 0 radical (unpaired) electrons. The molecule has 0 atom stereocenters. The highest BCUT2D eigenvalue weighted by Gasteiger charge is 2.18. The normalized spacial score (nSPS) is 14.8. The Hall–Kier alpha value is -2.60. The molecule has 1 aliphatic carbocycles. The lowest BCUT2D eigenvalue weighted by molar-refractivity contribution is -0.119. The summed E-state index contributed by atoms with van der Waals surface area (Å²) >= 11 is 1.32. The van der Waals surface area contributed by atoms with Gasteiger partial charge in [-0.1, -0.05) is 69.1 Å². The maximum absolute atomic E-state index is 13.3. The smallest absolute Gasteiger partial charge is 0.266 e. The fourth-order valence-electron chi connectivity index (χ4n) is 4.09. The van der Waals surface area contributed by atoms with E-state index in [1.807, 2.05) is 42.5 Å². The standard InChI is InChI=1S/C25H29N3O2S/c1-17(2)18-12-14-20(15-13-18)28-24(30)21-10-6-7-11-22(21)27-25(28)31-16-23(29)26-19-8-4-3-5-9-19/h6-7,10-15,17,19H,3-5,8-9,16H2,1-2H3,(H,26,29). The van der Waals surface area contributed by atoms with Gasteiger partial charge in [0.15, 0.2) is 5.16 Å². The highest BCUT2D eigenvalue weighted by molar-refractivity contribution is 7.99. The minimum Gasteiger partial charge on any atom is -0.353 e. The fourth-order valence-corrected chi connectivity index (χ4v) is 4.92. The Morgan fingerprint density at radius 1 is 1.10 bits per heavy atom. The lowest BCUT2D eigenvalue weighted by Crippen LogP contribution is -2.37. The predicted molar refractivity (Wildman–Crippen MR) is 127 cm³/mol. The van der Waals surface area contributed by atoms with Gasteiger partial charge in [-0.15, -0.1) is 0 Å². The van der Waals surface area contributed by atoms with Crippen molar-refractivity contribution in [2.75, 3.05) is 5.75 Å². The lowest BCUT2D eigenvalue weighted by atomic mass is 9.95. The molecule has 0 unspecified atom stereocenters. The van der Waals surface area contributed by atoms with E-state index in [1.165, 1.54) is 36.6 Å². The summed E-state index contributed by atoms with van der Waals surface area (Å²) in [6.07, 6.45) is 5.71. The first-order valence-electron chi connectivity index (χ1n) is 11.1. The molecular weight excluding hydrogens is 406 g/mol. The number of aromatic nitrogens is 2. The van der Waals surface area contributed by atoms with Crippen LogP contribution in [0.5, 0.6) is 0 Å². The number of benzene rings is 2. The molecule has 0 saturated heterocycles. The molecule has 1 amide bonds. The highest BCUT2D eigenvalue weighted by Crippen LogP contribution is 2.23. The molecule has 4 rings (SSSR count). The lowest BCUT2D eigenvalue weighted by Gasteiger charge is -2.22. The van der Waals surface area contributed by atoms with Crippen LogP contribution in [0.25, 0.3) is 16.6 Å². The number of thioether (sulfide) groups is 1. The largest absolute Gasteiger partial charge is 0.353 e. The van der Waals surface area contributed by atoms with Crippen LogP contribution < -0.4 is 10.9 Å². The number of hydrogen-bond donors (Lipinski definition) is 1. The Labute approximate surface area is 187 Å². The molecule has 0 bridgehead atoms. The van der Waals surface area contributed by atoms with Crippen LogP contribution in [0.15, 0.2) is 58.5 Å². The number of carbonyl (C=O) groups is 1. The summed E-state index contributed by atoms with van der Waals surface area (Å²) in [5.74, 6) is 0.657. The quantitative estimate of drug-likeness (QED) is 0.435. The van der Waals surface area contributed by atoms with E-state index in [0.29, 0.717) is 22.0 Å². The Balaban J connectivity index is 1.64. The molecule has 1 heterocycles. The van der Waals surface area contributed by atoms with Crippen LogP contribution in [0.2, 0.25) is 0 Å². The maximum atomic E-state index is 13.3. The molecule has 2 aromatic carbocycles. The molecule has 1 N–H and O–H groups in total. The van der Waals surface area contributed by atoms with Gasteiger partial charge in [-0.3, -0.25) is 14.2 Å². The van der Waals surface area contributed by atoms with Crippen LogP contribution >= 0.6 is 11.8 Å². The van der Waals surface area contributed by atoms with Crippen molar-refractivity contribution in [2.45, 2.75) is 63.1 Å². The van der Waals surface area contributed by atoms with Gasteiger partial charge in [0.2, 0.25) is 5.91 Å². The molecule has 162 valence electrons. The number of fused-ring (bicyclic) bond motifs is 1. The summed E-state index contributed by atoms with van der Waals surface area (Å²) < 4.78 is 1.63. The SMILES string of the molecule is CC(C)c1ccc(-n2c(SCC(=O)NC3CCCCC3)nc3ccccc3c2=O)cc1. The third kappa shape index (κ3) is 5.01. The van der Waals surface area contributed by atoms with Crippen LogP contribution in [0.1, 0.15) is 57.4 Å². The van der Waals surface area contributed by atoms with Crippen molar-refractivity contribution in [3.8, 4) is 5.69 Å². The molecule has 6 heteroatoms. The molecule has 1 aliphatic rings. The van der Waals surface area contributed by atoms with Crippen LogP contribution in [0.4, 0.5) is 0 Å². The predicted octanol–water partition coefficient (Wildman–Crippen LogP) is 5.05. The minimum atomic E-state index is -0.113. The van der Waals surface area contributed by atoms with E-state index < -0.39 is 0 Å². The van der Waals surface area contributed by atoms with E-state index in [9.17, 15) is 9.59 Å². The number of hydrogen-bond acceptors (Lipinski definition) is 4. The maximum Gasteiger partial charge on any atom is 0.266 e. The van der Waals surface area contributed by atoms with Gasteiger partial charge in [-0.05, 0) is 48.6 Å². The Kier molecular flexibility index (Phi) is 6.76. The van der Waals surface area contributed by atoms with Gasteiger partial charge in [0.05, 0.1) is 22.3 Å². The zero-order valence-electron chi connectivity index (χ0n) is 18.1. The van der Waals surface area contributed by atoms with E-state index in [2.05, 4.69) is 19.2 Å². The Morgan fingerprint density at radius 3 is 2.52 bits per heavy atom. The van der Waals surface area contributed by atoms with Gasteiger partial charge in [0, 0.05) is 6.04 Å². The number of nitrogens with one attached hydrogen (secondary N) is 1. The zero-order valence-corrected chi connectivity index (χ0v) is 19.0. The van der Waals surface area contributed by atoms with Crippen molar-refractivity contribution in [1.29, 1.82) is 0 Å². The third-order valence-electron chi connectivity index (χ3n) is 5.87. The first-order valence-corrected chi connectivity index (χ1v) is 12.1. The average molecular weight is 436 g/mol. The van der Waals surface area contributed by atoms with Crippen molar-refractivity contribution in [3.63, 3.8) is 0 Å². The molecule has 5 nitrogen and oxygen atoms in total. The van der Waals surface area contributed by atoms with Crippen LogP contribution in [0.3, 0.4) is 0 Å². The van der Waals surface area contributed by atoms with Crippen molar-refractivity contribution < 1.29 is 4.79 Å². The number of para-hydroxylation sites is 1. The summed E-state index contributed by atoms with van der Waals surface area (Å²) in [7, 11) is 0. The molecule has 31 heavy (non-hydrogen) atoms. The highest BCUT2D eigenvalue weighted by atomic mass is 32.2. The van der Waals surface area contributed by atoms with Crippen molar-refractivity contribution >= 4 is 28.6 Å². The monoisotopic (exact) mass is 435 g/mol. The molecule has 3 aromatic rings. The van der Waals surface area contributed by atoms with Gasteiger partial charge in [0.25, 0.3) is 5.56 Å². The van der Waals surface area contributed by atoms with E-state index in [0.717, 1.165) is 18.5 Å². The molecule has 1 fully saturated rings. The molecule has 1 saturated carbocycles. The number of amides is 1. The summed E-state index contributed by atoms with van der Waals surface area (Å²) in [5.41, 5.74) is 2.52. The fraction of sp³-hybridized carbons (Fsp3) is 0.400. The number of rotatable bonds is 6. The molecule has 0 aliphatic heterocycles. The van der Waals surface area contributed by atoms with E-state index in [1.54, 1.807) is 10.6 Å². The second-order valence-corrected chi connectivity index (χ2v) is 9.43. The first-order chi connectivity index (χ1) is 15.0. The van der Waals surface area contributed by atoms with Crippen molar-refractivity contribution in [2.24, 2.45) is 0 Å². The minimum absolute atomic E-state index is 0.000938. The van der Waals surface area contributed by atoms with E-state index >= 15 is 0 Å². The number of nitrogens with zero attached hydrogens (tertiary/aromatic N) is 2. The molecule has 1 aromatic heterocycles. The van der Waals surface area contributed by atoms with Gasteiger partial charge >= 0.3 is 0 Å². The van der Waals surface area contributed by atoms with Crippen molar-refractivity contribution in [1.82, 2.24) is 14.9 Å². The van der Waals surface area contributed by atoms with E-state index in [-0.39, 0.29) is 23.3 Å². The molecule has 0 spiro atoms. The van der Waals surface area contributed by atoms with Gasteiger partial charge in [-0.25, -0.2) is 4.98 Å². The Bertz CT molecular complexity index is 1120. The second kappa shape index (κ2) is 9.69. The molecular formula is C25H29N3O2S. The van der Waals surface area contributed by atoms with Crippen LogP contribution in [-0.4, -0.2) is 27.3 Å². The summed E-state index contributed by atoms with van der Waals surface area (Å²) in [4.78, 5) is 30.6. The van der Waals surface area contributed by atoms with Crippen LogP contribution in [-0.2, 0) is 4.79 Å². The topological polar surface area (TPSA) is 64.0 Å². The summed E-state index contributed by atoms with van der Waals surface area (Å²) in [6.45, 7) is 4.29. The first kappa shape index (κ1) is 21.6. The van der Waals surface area contributed by atoms with Crippen LogP contribution in [0, 0.1) is 0 Å². The average Bonchev–Trinajstić information content (AvgIpc) is 2.78. The summed E-state index contributed by atoms with van der Waals surface area (Å²) in [5, 5.41) is 4.26. The van der Waals surface area contributed by atoms with E-state index in [4.69, 9.17) is 4.98 Å².